The number of carbonyl (C=O) groups excluding carboxylic acids is 2. The predicted octanol–water partition coefficient (Wildman–Crippen LogP) is 3.62. The third kappa shape index (κ3) is 4.55. The highest BCUT2D eigenvalue weighted by Gasteiger charge is 2.37. The van der Waals surface area contributed by atoms with E-state index in [4.69, 9.17) is 0 Å². The predicted molar refractivity (Wildman–Crippen MR) is 117 cm³/mol. The van der Waals surface area contributed by atoms with Gasteiger partial charge in [0.2, 0.25) is 5.91 Å². The van der Waals surface area contributed by atoms with Crippen molar-refractivity contribution in [3.63, 3.8) is 0 Å². The van der Waals surface area contributed by atoms with Crippen LogP contribution in [0.25, 0.3) is 0 Å². The summed E-state index contributed by atoms with van der Waals surface area (Å²) in [6, 6.07) is 8.69. The Balaban J connectivity index is 1.54. The summed E-state index contributed by atoms with van der Waals surface area (Å²) in [4.78, 5) is 40.2. The lowest BCUT2D eigenvalue weighted by Crippen LogP contribution is -2.49. The molecular formula is C24H28FN3O3. The molecule has 2 amide bonds. The summed E-state index contributed by atoms with van der Waals surface area (Å²) in [6.45, 7) is 7.99. The van der Waals surface area contributed by atoms with Crippen molar-refractivity contribution in [2.24, 2.45) is 11.3 Å². The number of anilines is 1. The molecule has 4 rings (SSSR count). The van der Waals surface area contributed by atoms with Crippen LogP contribution in [0.4, 0.5) is 10.1 Å². The van der Waals surface area contributed by atoms with Crippen molar-refractivity contribution in [2.75, 3.05) is 18.4 Å². The molecule has 7 heteroatoms. The number of hydrogen-bond acceptors (Lipinski definition) is 3. The zero-order chi connectivity index (χ0) is 22.3. The van der Waals surface area contributed by atoms with Gasteiger partial charge in [-0.25, -0.2) is 4.39 Å². The first-order chi connectivity index (χ1) is 14.6. The van der Waals surface area contributed by atoms with Gasteiger partial charge in [-0.3, -0.25) is 14.4 Å². The van der Waals surface area contributed by atoms with Gasteiger partial charge in [-0.05, 0) is 54.2 Å². The average molecular weight is 426 g/mol. The third-order valence-electron chi connectivity index (χ3n) is 5.99. The van der Waals surface area contributed by atoms with Gasteiger partial charge in [0.25, 0.3) is 11.5 Å². The Morgan fingerprint density at radius 1 is 1.06 bits per heavy atom. The zero-order valence-corrected chi connectivity index (χ0v) is 18.2. The molecule has 3 heterocycles. The van der Waals surface area contributed by atoms with Crippen LogP contribution in [0.15, 0.2) is 41.2 Å². The van der Waals surface area contributed by atoms with E-state index in [9.17, 15) is 18.8 Å². The highest BCUT2D eigenvalue weighted by molar-refractivity contribution is 6.04. The van der Waals surface area contributed by atoms with E-state index in [2.05, 4.69) is 26.1 Å². The summed E-state index contributed by atoms with van der Waals surface area (Å²) in [5.41, 5.74) is 1.11. The Morgan fingerprint density at radius 2 is 1.77 bits per heavy atom. The molecule has 31 heavy (non-hydrogen) atoms. The fourth-order valence-corrected chi connectivity index (χ4v) is 4.61. The summed E-state index contributed by atoms with van der Waals surface area (Å²) >= 11 is 0. The normalized spacial score (nSPS) is 20.2. The Labute approximate surface area is 181 Å². The molecule has 2 aliphatic heterocycles. The Hall–Kier alpha value is -2.96. The number of nitrogens with one attached hydrogen (secondary N) is 1. The smallest absolute Gasteiger partial charge is 0.274 e. The van der Waals surface area contributed by atoms with Gasteiger partial charge >= 0.3 is 0 Å². The molecule has 0 spiro atoms. The summed E-state index contributed by atoms with van der Waals surface area (Å²) in [5.74, 6) is -0.373. The van der Waals surface area contributed by atoms with Gasteiger partial charge in [-0.2, -0.15) is 0 Å². The lowest BCUT2D eigenvalue weighted by molar-refractivity contribution is -0.135. The fourth-order valence-electron chi connectivity index (χ4n) is 4.61. The maximum atomic E-state index is 13.1. The number of benzene rings is 1. The minimum absolute atomic E-state index is 0.0594. The van der Waals surface area contributed by atoms with Crippen LogP contribution in [0.3, 0.4) is 0 Å². The molecule has 164 valence electrons. The average Bonchev–Trinajstić information content (AvgIpc) is 2.69. The Kier molecular flexibility index (Phi) is 5.45. The minimum atomic E-state index is -0.451. The molecule has 1 fully saturated rings. The van der Waals surface area contributed by atoms with E-state index in [1.807, 2.05) is 11.0 Å². The van der Waals surface area contributed by atoms with Crippen molar-refractivity contribution in [2.45, 2.75) is 46.1 Å². The summed E-state index contributed by atoms with van der Waals surface area (Å²) in [6.07, 6.45) is 1.47. The molecule has 1 saturated heterocycles. The second-order valence-electron chi connectivity index (χ2n) is 9.88. The van der Waals surface area contributed by atoms with Gasteiger partial charge in [-0.15, -0.1) is 0 Å². The zero-order valence-electron chi connectivity index (χ0n) is 18.2. The van der Waals surface area contributed by atoms with Gasteiger partial charge < -0.3 is 14.8 Å². The topological polar surface area (TPSA) is 71.4 Å². The molecule has 0 radical (unpaired) electrons. The van der Waals surface area contributed by atoms with Gasteiger partial charge in [0.15, 0.2) is 0 Å². The Morgan fingerprint density at radius 3 is 2.45 bits per heavy atom. The second-order valence-corrected chi connectivity index (χ2v) is 9.88. The maximum absolute atomic E-state index is 13.1. The number of pyridine rings is 1. The molecule has 2 aromatic rings. The van der Waals surface area contributed by atoms with Gasteiger partial charge in [-0.1, -0.05) is 20.8 Å². The summed E-state index contributed by atoms with van der Waals surface area (Å²) in [7, 11) is 0. The number of aromatic nitrogens is 1. The maximum Gasteiger partial charge on any atom is 0.274 e. The van der Waals surface area contributed by atoms with Crippen LogP contribution in [-0.2, 0) is 11.3 Å². The van der Waals surface area contributed by atoms with E-state index < -0.39 is 11.7 Å². The highest BCUT2D eigenvalue weighted by Crippen LogP contribution is 2.36. The van der Waals surface area contributed by atoms with E-state index in [1.165, 1.54) is 24.3 Å². The van der Waals surface area contributed by atoms with Crippen LogP contribution in [0.5, 0.6) is 0 Å². The summed E-state index contributed by atoms with van der Waals surface area (Å²) in [5, 5.41) is 2.66. The van der Waals surface area contributed by atoms with Gasteiger partial charge in [0, 0.05) is 43.2 Å². The number of carbonyl (C=O) groups is 2. The summed E-state index contributed by atoms with van der Waals surface area (Å²) < 4.78 is 14.8. The van der Waals surface area contributed by atoms with Crippen molar-refractivity contribution >= 4 is 17.5 Å². The van der Waals surface area contributed by atoms with E-state index in [0.29, 0.717) is 26.1 Å². The van der Waals surface area contributed by atoms with Crippen molar-refractivity contribution < 1.29 is 14.0 Å². The van der Waals surface area contributed by atoms with Crippen molar-refractivity contribution in [1.29, 1.82) is 0 Å². The number of halogens is 1. The third-order valence-corrected chi connectivity index (χ3v) is 5.99. The van der Waals surface area contributed by atoms with E-state index in [-0.39, 0.29) is 40.0 Å². The highest BCUT2D eigenvalue weighted by atomic mass is 19.1. The molecule has 2 atom stereocenters. The number of piperidine rings is 1. The van der Waals surface area contributed by atoms with Crippen molar-refractivity contribution in [3.05, 3.63) is 63.8 Å². The molecular weight excluding hydrogens is 397 g/mol. The molecule has 0 unspecified atom stereocenters. The minimum Gasteiger partial charge on any atom is -0.342 e. The molecule has 1 aromatic carbocycles. The largest absolute Gasteiger partial charge is 0.342 e. The molecule has 6 nitrogen and oxygen atoms in total. The molecule has 0 saturated carbocycles. The van der Waals surface area contributed by atoms with Gasteiger partial charge in [0.1, 0.15) is 11.5 Å². The quantitative estimate of drug-likeness (QED) is 0.817. The first-order valence-electron chi connectivity index (χ1n) is 10.7. The van der Waals surface area contributed by atoms with Crippen molar-refractivity contribution in [1.82, 2.24) is 9.47 Å². The molecule has 0 aliphatic carbocycles. The number of hydrogen-bond donors (Lipinski definition) is 1. The van der Waals surface area contributed by atoms with Crippen LogP contribution in [-0.4, -0.2) is 34.4 Å². The molecule has 2 bridgehead atoms. The number of nitrogens with zero attached hydrogens (tertiary/aromatic N) is 2. The van der Waals surface area contributed by atoms with E-state index >= 15 is 0 Å². The van der Waals surface area contributed by atoms with Crippen LogP contribution < -0.4 is 10.9 Å². The van der Waals surface area contributed by atoms with Crippen LogP contribution in [0.2, 0.25) is 0 Å². The Bertz CT molecular complexity index is 1070. The molecule has 1 aromatic heterocycles. The fraction of sp³-hybridized carbons (Fsp3) is 0.458. The van der Waals surface area contributed by atoms with Crippen molar-refractivity contribution in [3.8, 4) is 0 Å². The first kappa shape index (κ1) is 21.3. The molecule has 1 N–H and O–H groups in total. The van der Waals surface area contributed by atoms with Crippen LogP contribution in [0, 0.1) is 17.2 Å². The number of likely N-dealkylation sites (tertiary alicyclic amines) is 1. The monoisotopic (exact) mass is 425 g/mol. The van der Waals surface area contributed by atoms with Crippen LogP contribution in [0.1, 0.15) is 55.6 Å². The standard InChI is InChI=1S/C24H28FN3O3/c1-24(2,3)11-21(29)27-12-15-10-17(14-27)20-9-8-19(23(31)28(20)13-15)26-22(30)16-4-6-18(25)7-5-16/h4-9,15,17H,10-14H2,1-3H3,(H,26,30)/t15-,17-/m1/s1. The van der Waals surface area contributed by atoms with Crippen LogP contribution >= 0.6 is 0 Å². The van der Waals surface area contributed by atoms with E-state index in [0.717, 1.165) is 12.1 Å². The molecule has 2 aliphatic rings. The number of amides is 2. The SMILES string of the molecule is CC(C)(C)CC(=O)N1C[C@H]2C[C@H](C1)c1ccc(NC(=O)c3ccc(F)cc3)c(=O)n1C2. The lowest BCUT2D eigenvalue weighted by Gasteiger charge is -2.43. The number of rotatable bonds is 3. The lowest BCUT2D eigenvalue weighted by atomic mass is 9.82. The second kappa shape index (κ2) is 7.94. The van der Waals surface area contributed by atoms with Gasteiger partial charge in [0.05, 0.1) is 0 Å². The first-order valence-corrected chi connectivity index (χ1v) is 10.7. The van der Waals surface area contributed by atoms with E-state index in [1.54, 1.807) is 10.6 Å². The number of fused-ring (bicyclic) bond motifs is 4.